The highest BCUT2D eigenvalue weighted by molar-refractivity contribution is 5.90. The highest BCUT2D eigenvalue weighted by atomic mass is 16.7. The van der Waals surface area contributed by atoms with Gasteiger partial charge in [-0.25, -0.2) is 4.79 Å². The molecule has 27 heavy (non-hydrogen) atoms. The van der Waals surface area contributed by atoms with E-state index < -0.39 is 0 Å². The minimum atomic E-state index is -0.148. The van der Waals surface area contributed by atoms with Crippen molar-refractivity contribution in [1.29, 1.82) is 0 Å². The van der Waals surface area contributed by atoms with E-state index in [0.29, 0.717) is 36.7 Å². The first-order valence-electron chi connectivity index (χ1n) is 9.38. The van der Waals surface area contributed by atoms with Gasteiger partial charge in [-0.05, 0) is 32.0 Å². The molecule has 3 aliphatic heterocycles. The standard InChI is InChI=1S/C19H26N4O4/c1-21-8-7-19(6-5-17(21)24)12-23(10-9-22(19)2)18(25)20-14-3-4-15-16(11-14)27-13-26-15/h3-4,11H,5-10,12-13H2,1-2H3,(H,20,25)/t19-/m1/s1. The fraction of sp³-hybridized carbons (Fsp3) is 0.579. The lowest BCUT2D eigenvalue weighted by Gasteiger charge is -2.49. The van der Waals surface area contributed by atoms with Crippen molar-refractivity contribution < 1.29 is 19.1 Å². The summed E-state index contributed by atoms with van der Waals surface area (Å²) in [6.45, 7) is 3.02. The van der Waals surface area contributed by atoms with Gasteiger partial charge >= 0.3 is 6.03 Å². The predicted octanol–water partition coefficient (Wildman–Crippen LogP) is 1.58. The van der Waals surface area contributed by atoms with Gasteiger partial charge in [-0.2, -0.15) is 0 Å². The molecule has 1 spiro atoms. The van der Waals surface area contributed by atoms with E-state index in [2.05, 4.69) is 17.3 Å². The molecule has 2 fully saturated rings. The molecule has 2 saturated heterocycles. The van der Waals surface area contributed by atoms with Gasteiger partial charge in [0.25, 0.3) is 0 Å². The predicted molar refractivity (Wildman–Crippen MR) is 100 cm³/mol. The molecule has 0 aliphatic carbocycles. The van der Waals surface area contributed by atoms with Crippen LogP contribution in [0.1, 0.15) is 19.3 Å². The number of piperazine rings is 1. The van der Waals surface area contributed by atoms with E-state index in [9.17, 15) is 9.59 Å². The molecular weight excluding hydrogens is 348 g/mol. The summed E-state index contributed by atoms with van der Waals surface area (Å²) in [5.41, 5.74) is 0.540. The first-order valence-corrected chi connectivity index (χ1v) is 9.38. The van der Waals surface area contributed by atoms with Gasteiger partial charge in [0, 0.05) is 56.9 Å². The number of amides is 3. The number of carbonyl (C=O) groups excluding carboxylic acids is 2. The number of carbonyl (C=O) groups is 2. The molecule has 1 N–H and O–H groups in total. The molecule has 3 aliphatic rings. The molecule has 146 valence electrons. The molecule has 0 aromatic heterocycles. The Kier molecular flexibility index (Phi) is 4.59. The lowest BCUT2D eigenvalue weighted by molar-refractivity contribution is -0.129. The Morgan fingerprint density at radius 2 is 1.93 bits per heavy atom. The summed E-state index contributed by atoms with van der Waals surface area (Å²) in [4.78, 5) is 30.9. The second kappa shape index (κ2) is 6.92. The molecule has 8 nitrogen and oxygen atoms in total. The normalized spacial score (nSPS) is 25.6. The average Bonchev–Trinajstić information content (AvgIpc) is 3.08. The summed E-state index contributed by atoms with van der Waals surface area (Å²) in [6.07, 6.45) is 2.18. The Morgan fingerprint density at radius 1 is 1.11 bits per heavy atom. The van der Waals surface area contributed by atoms with Gasteiger partial charge in [0.15, 0.2) is 11.5 Å². The number of anilines is 1. The van der Waals surface area contributed by atoms with Gasteiger partial charge in [-0.3, -0.25) is 9.69 Å². The number of fused-ring (bicyclic) bond motifs is 1. The zero-order valence-corrected chi connectivity index (χ0v) is 15.9. The van der Waals surface area contributed by atoms with Crippen LogP contribution in [-0.2, 0) is 4.79 Å². The minimum Gasteiger partial charge on any atom is -0.454 e. The molecule has 0 radical (unpaired) electrons. The van der Waals surface area contributed by atoms with Crippen molar-refractivity contribution in [1.82, 2.24) is 14.7 Å². The van der Waals surface area contributed by atoms with Crippen LogP contribution in [0.4, 0.5) is 10.5 Å². The zero-order chi connectivity index (χ0) is 19.0. The van der Waals surface area contributed by atoms with Gasteiger partial charge in [0.2, 0.25) is 12.7 Å². The van der Waals surface area contributed by atoms with Crippen LogP contribution in [-0.4, -0.2) is 79.2 Å². The van der Waals surface area contributed by atoms with Gasteiger partial charge in [-0.1, -0.05) is 0 Å². The van der Waals surface area contributed by atoms with Crippen LogP contribution in [0.25, 0.3) is 0 Å². The molecule has 1 atom stereocenters. The van der Waals surface area contributed by atoms with Gasteiger partial charge in [-0.15, -0.1) is 0 Å². The molecule has 0 saturated carbocycles. The van der Waals surface area contributed by atoms with Crippen molar-refractivity contribution in [3.05, 3.63) is 18.2 Å². The Bertz CT molecular complexity index is 755. The highest BCUT2D eigenvalue weighted by Gasteiger charge is 2.43. The Morgan fingerprint density at radius 3 is 2.78 bits per heavy atom. The summed E-state index contributed by atoms with van der Waals surface area (Å²) in [7, 11) is 3.96. The quantitative estimate of drug-likeness (QED) is 0.808. The van der Waals surface area contributed by atoms with Gasteiger partial charge in [0.1, 0.15) is 0 Å². The largest absolute Gasteiger partial charge is 0.454 e. The molecule has 1 aromatic carbocycles. The monoisotopic (exact) mass is 374 g/mol. The van der Waals surface area contributed by atoms with E-state index >= 15 is 0 Å². The second-order valence-corrected chi connectivity index (χ2v) is 7.63. The van der Waals surface area contributed by atoms with Gasteiger partial charge in [0.05, 0.1) is 0 Å². The number of nitrogens with zero attached hydrogens (tertiary/aromatic N) is 3. The fourth-order valence-electron chi connectivity index (χ4n) is 4.11. The van der Waals surface area contributed by atoms with Crippen LogP contribution >= 0.6 is 0 Å². The van der Waals surface area contributed by atoms with Crippen LogP contribution in [0.2, 0.25) is 0 Å². The fourth-order valence-corrected chi connectivity index (χ4v) is 4.11. The molecule has 0 bridgehead atoms. The zero-order valence-electron chi connectivity index (χ0n) is 15.9. The van der Waals surface area contributed by atoms with Crippen molar-refractivity contribution in [3.63, 3.8) is 0 Å². The summed E-state index contributed by atoms with van der Waals surface area (Å²) in [5.74, 6) is 1.52. The number of hydrogen-bond acceptors (Lipinski definition) is 5. The first kappa shape index (κ1) is 17.9. The summed E-state index contributed by atoms with van der Waals surface area (Å²) >= 11 is 0. The number of ether oxygens (including phenoxy) is 2. The smallest absolute Gasteiger partial charge is 0.321 e. The summed E-state index contributed by atoms with van der Waals surface area (Å²) < 4.78 is 10.7. The van der Waals surface area contributed by atoms with Crippen molar-refractivity contribution in [2.24, 2.45) is 0 Å². The maximum absolute atomic E-state index is 12.9. The van der Waals surface area contributed by atoms with Crippen molar-refractivity contribution in [3.8, 4) is 11.5 Å². The number of hydrogen-bond donors (Lipinski definition) is 1. The number of rotatable bonds is 1. The van der Waals surface area contributed by atoms with E-state index in [4.69, 9.17) is 9.47 Å². The third kappa shape index (κ3) is 3.41. The topological polar surface area (TPSA) is 74.4 Å². The summed E-state index contributed by atoms with van der Waals surface area (Å²) in [6, 6.07) is 5.28. The lowest BCUT2D eigenvalue weighted by atomic mass is 9.86. The number of urea groups is 1. The maximum Gasteiger partial charge on any atom is 0.321 e. The Hall–Kier alpha value is -2.48. The third-order valence-corrected chi connectivity index (χ3v) is 6.05. The maximum atomic E-state index is 12.9. The third-order valence-electron chi connectivity index (χ3n) is 6.05. The van der Waals surface area contributed by atoms with Crippen LogP contribution < -0.4 is 14.8 Å². The second-order valence-electron chi connectivity index (χ2n) is 7.63. The van der Waals surface area contributed by atoms with Crippen molar-refractivity contribution in [2.75, 3.05) is 52.4 Å². The molecule has 1 aromatic rings. The van der Waals surface area contributed by atoms with E-state index in [0.717, 1.165) is 25.9 Å². The van der Waals surface area contributed by atoms with Crippen LogP contribution in [0.5, 0.6) is 11.5 Å². The van der Waals surface area contributed by atoms with Crippen LogP contribution in [0.3, 0.4) is 0 Å². The van der Waals surface area contributed by atoms with E-state index in [1.165, 1.54) is 0 Å². The minimum absolute atomic E-state index is 0.120. The molecule has 4 rings (SSSR count). The van der Waals surface area contributed by atoms with Crippen molar-refractivity contribution >= 4 is 17.6 Å². The molecule has 0 unspecified atom stereocenters. The SMILES string of the molecule is CN1CC[C@]2(CCC1=O)CN(C(=O)Nc1ccc3c(c1)OCO3)CCN2C. The van der Waals surface area contributed by atoms with Gasteiger partial charge < -0.3 is 24.6 Å². The lowest BCUT2D eigenvalue weighted by Crippen LogP contribution is -2.62. The summed E-state index contributed by atoms with van der Waals surface area (Å²) in [5, 5.41) is 2.97. The molecular formula is C19H26N4O4. The molecule has 8 heteroatoms. The first-order chi connectivity index (χ1) is 13.0. The number of likely N-dealkylation sites (tertiary alicyclic amines) is 1. The molecule has 3 heterocycles. The van der Waals surface area contributed by atoms with Crippen molar-refractivity contribution in [2.45, 2.75) is 24.8 Å². The Labute approximate surface area is 159 Å². The number of benzene rings is 1. The average molecular weight is 374 g/mol. The van der Waals surface area contributed by atoms with E-state index in [1.54, 1.807) is 17.0 Å². The Balaban J connectivity index is 1.45. The number of likely N-dealkylation sites (N-methyl/N-ethyl adjacent to an activating group) is 1. The number of nitrogens with one attached hydrogen (secondary N) is 1. The van der Waals surface area contributed by atoms with E-state index in [-0.39, 0.29) is 24.3 Å². The van der Waals surface area contributed by atoms with E-state index in [1.807, 2.05) is 18.0 Å². The molecule has 3 amide bonds. The van der Waals surface area contributed by atoms with Crippen LogP contribution in [0.15, 0.2) is 18.2 Å². The highest BCUT2D eigenvalue weighted by Crippen LogP contribution is 2.35. The van der Waals surface area contributed by atoms with Crippen LogP contribution in [0, 0.1) is 0 Å².